The molecule has 0 aromatic heterocycles. The van der Waals surface area contributed by atoms with Crippen molar-refractivity contribution >= 4 is 17.9 Å². The molecule has 3 rings (SSSR count). The Balaban J connectivity index is 0.000000190. The van der Waals surface area contributed by atoms with Crippen LogP contribution in [-0.4, -0.2) is 40.3 Å². The van der Waals surface area contributed by atoms with Crippen molar-refractivity contribution in [3.63, 3.8) is 0 Å². The second-order valence-electron chi connectivity index (χ2n) is 5.73. The van der Waals surface area contributed by atoms with E-state index in [2.05, 4.69) is 0 Å². The first-order chi connectivity index (χ1) is 12.4. The first-order valence-electron chi connectivity index (χ1n) is 7.92. The summed E-state index contributed by atoms with van der Waals surface area (Å²) >= 11 is 0. The first kappa shape index (κ1) is 19.1. The summed E-state index contributed by atoms with van der Waals surface area (Å²) in [6.07, 6.45) is -0.412. The zero-order chi connectivity index (χ0) is 19.1. The quantitative estimate of drug-likeness (QED) is 0.708. The van der Waals surface area contributed by atoms with Crippen LogP contribution >= 0.6 is 0 Å². The minimum atomic E-state index is -1.10. The van der Waals surface area contributed by atoms with Crippen molar-refractivity contribution in [1.29, 1.82) is 0 Å². The number of carbonyl (C=O) groups excluding carboxylic acids is 1. The minimum absolute atomic E-state index is 0.247. The number of hydrogen-bond acceptors (Lipinski definition) is 5. The van der Waals surface area contributed by atoms with Gasteiger partial charge >= 0.3 is 17.9 Å². The zero-order valence-electron chi connectivity index (χ0n) is 13.9. The summed E-state index contributed by atoms with van der Waals surface area (Å²) in [6.45, 7) is 0. The van der Waals surface area contributed by atoms with E-state index in [0.29, 0.717) is 12.0 Å². The number of hydrogen-bond donors (Lipinski definition) is 3. The number of esters is 1. The third-order valence-corrected chi connectivity index (χ3v) is 3.78. The molecule has 7 nitrogen and oxygen atoms in total. The van der Waals surface area contributed by atoms with Crippen LogP contribution in [0.4, 0.5) is 0 Å². The Hall–Kier alpha value is -3.19. The Morgan fingerprint density at radius 3 is 2.31 bits per heavy atom. The third-order valence-electron chi connectivity index (χ3n) is 3.78. The SMILES string of the molecule is N[C@H](Cc1ccccc1)C(=O)O.O=C1O[C@@H](C(=O)O)Cc2ccccc21. The Bertz CT molecular complexity index is 790. The molecule has 0 unspecified atom stereocenters. The van der Waals surface area contributed by atoms with E-state index in [1.54, 1.807) is 24.3 Å². The van der Waals surface area contributed by atoms with Gasteiger partial charge < -0.3 is 20.7 Å². The maximum absolute atomic E-state index is 11.3. The number of benzene rings is 2. The van der Waals surface area contributed by atoms with Crippen molar-refractivity contribution in [2.24, 2.45) is 5.73 Å². The fourth-order valence-corrected chi connectivity index (χ4v) is 2.42. The highest BCUT2D eigenvalue weighted by molar-refractivity contribution is 5.94. The molecule has 0 saturated heterocycles. The van der Waals surface area contributed by atoms with Crippen molar-refractivity contribution in [3.05, 3.63) is 71.3 Å². The highest BCUT2D eigenvalue weighted by atomic mass is 16.6. The molecular weight excluding hydrogens is 338 g/mol. The second-order valence-corrected chi connectivity index (χ2v) is 5.73. The number of carboxylic acids is 2. The fourth-order valence-electron chi connectivity index (χ4n) is 2.42. The summed E-state index contributed by atoms with van der Waals surface area (Å²) < 4.78 is 4.74. The predicted molar refractivity (Wildman–Crippen MR) is 92.7 cm³/mol. The summed E-state index contributed by atoms with van der Waals surface area (Å²) in [5.41, 5.74) is 7.50. The molecule has 1 aliphatic rings. The highest BCUT2D eigenvalue weighted by Gasteiger charge is 2.30. The molecule has 2 aromatic rings. The molecule has 2 atom stereocenters. The molecule has 26 heavy (non-hydrogen) atoms. The van der Waals surface area contributed by atoms with Gasteiger partial charge in [0.2, 0.25) is 6.10 Å². The Morgan fingerprint density at radius 2 is 1.69 bits per heavy atom. The molecule has 2 aromatic carbocycles. The topological polar surface area (TPSA) is 127 Å². The van der Waals surface area contributed by atoms with Crippen molar-refractivity contribution in [2.75, 3.05) is 0 Å². The molecule has 1 aliphatic heterocycles. The lowest BCUT2D eigenvalue weighted by atomic mass is 9.99. The molecular formula is C19H19NO6. The van der Waals surface area contributed by atoms with Crippen LogP contribution in [0.1, 0.15) is 21.5 Å². The number of ether oxygens (including phenoxy) is 1. The number of cyclic esters (lactones) is 1. The number of carbonyl (C=O) groups is 3. The molecule has 136 valence electrons. The maximum Gasteiger partial charge on any atom is 0.345 e. The number of rotatable bonds is 4. The number of aliphatic carboxylic acids is 2. The first-order valence-corrected chi connectivity index (χ1v) is 7.92. The highest BCUT2D eigenvalue weighted by Crippen LogP contribution is 2.20. The van der Waals surface area contributed by atoms with Gasteiger partial charge in [0, 0.05) is 6.42 Å². The van der Waals surface area contributed by atoms with Crippen LogP contribution in [0.25, 0.3) is 0 Å². The van der Waals surface area contributed by atoms with E-state index in [0.717, 1.165) is 11.1 Å². The van der Waals surface area contributed by atoms with Crippen LogP contribution < -0.4 is 5.73 Å². The van der Waals surface area contributed by atoms with E-state index >= 15 is 0 Å². The number of carboxylic acid groups (broad SMARTS) is 2. The van der Waals surface area contributed by atoms with E-state index < -0.39 is 30.1 Å². The summed E-state index contributed by atoms with van der Waals surface area (Å²) in [7, 11) is 0. The lowest BCUT2D eigenvalue weighted by molar-refractivity contribution is -0.147. The van der Waals surface area contributed by atoms with Gasteiger partial charge in [-0.2, -0.15) is 0 Å². The van der Waals surface area contributed by atoms with Gasteiger partial charge in [0.05, 0.1) is 5.56 Å². The molecule has 0 radical (unpaired) electrons. The molecule has 0 bridgehead atoms. The Labute approximate surface area is 150 Å². The summed E-state index contributed by atoms with van der Waals surface area (Å²) in [5, 5.41) is 17.2. The van der Waals surface area contributed by atoms with Gasteiger partial charge in [0.15, 0.2) is 0 Å². The monoisotopic (exact) mass is 357 g/mol. The van der Waals surface area contributed by atoms with Crippen LogP contribution in [0, 0.1) is 0 Å². The van der Waals surface area contributed by atoms with Crippen molar-refractivity contribution in [2.45, 2.75) is 25.0 Å². The molecule has 0 saturated carbocycles. The summed E-state index contributed by atoms with van der Waals surface area (Å²) in [5.74, 6) is -2.62. The van der Waals surface area contributed by atoms with Crippen molar-refractivity contribution in [3.8, 4) is 0 Å². The normalized spacial score (nSPS) is 16.3. The van der Waals surface area contributed by atoms with E-state index in [1.165, 1.54) is 0 Å². The van der Waals surface area contributed by atoms with E-state index in [1.807, 2.05) is 30.3 Å². The van der Waals surface area contributed by atoms with Gasteiger partial charge in [-0.25, -0.2) is 9.59 Å². The van der Waals surface area contributed by atoms with Crippen molar-refractivity contribution in [1.82, 2.24) is 0 Å². The standard InChI is InChI=1S/C10H8O4.C9H11NO2/c11-9(12)8-5-6-3-1-2-4-7(6)10(13)14-8;10-8(9(11)12)6-7-4-2-1-3-5-7/h1-4,8H,5H2,(H,11,12);1-5,8H,6,10H2,(H,11,12)/t2*8-/m11/s1. The molecule has 7 heteroatoms. The lowest BCUT2D eigenvalue weighted by Crippen LogP contribution is -2.33. The van der Waals surface area contributed by atoms with Gasteiger partial charge in [0.1, 0.15) is 6.04 Å². The minimum Gasteiger partial charge on any atom is -0.480 e. The predicted octanol–water partition coefficient (Wildman–Crippen LogP) is 1.49. The Morgan fingerprint density at radius 1 is 1.08 bits per heavy atom. The van der Waals surface area contributed by atoms with E-state index in [-0.39, 0.29) is 6.42 Å². The van der Waals surface area contributed by atoms with Gasteiger partial charge in [-0.05, 0) is 23.6 Å². The molecule has 0 aliphatic carbocycles. The molecule has 4 N–H and O–H groups in total. The largest absolute Gasteiger partial charge is 0.480 e. The zero-order valence-corrected chi connectivity index (χ0v) is 13.9. The van der Waals surface area contributed by atoms with Crippen LogP contribution in [-0.2, 0) is 27.2 Å². The molecule has 1 heterocycles. The van der Waals surface area contributed by atoms with Crippen LogP contribution in [0.15, 0.2) is 54.6 Å². The second kappa shape index (κ2) is 8.77. The van der Waals surface area contributed by atoms with Crippen LogP contribution in [0.3, 0.4) is 0 Å². The van der Waals surface area contributed by atoms with Gasteiger partial charge in [-0.15, -0.1) is 0 Å². The summed E-state index contributed by atoms with van der Waals surface area (Å²) in [4.78, 5) is 32.3. The smallest absolute Gasteiger partial charge is 0.345 e. The average molecular weight is 357 g/mol. The van der Waals surface area contributed by atoms with E-state index in [4.69, 9.17) is 20.7 Å². The third kappa shape index (κ3) is 5.15. The Kier molecular flexibility index (Phi) is 6.46. The fraction of sp³-hybridized carbons (Fsp3) is 0.211. The van der Waals surface area contributed by atoms with Gasteiger partial charge in [-0.1, -0.05) is 48.5 Å². The number of nitrogens with two attached hydrogens (primary N) is 1. The van der Waals surface area contributed by atoms with Crippen LogP contribution in [0.2, 0.25) is 0 Å². The summed E-state index contributed by atoms with van der Waals surface area (Å²) in [6, 6.07) is 15.4. The molecule has 0 amide bonds. The van der Waals surface area contributed by atoms with E-state index in [9.17, 15) is 14.4 Å². The van der Waals surface area contributed by atoms with Gasteiger partial charge in [0.25, 0.3) is 0 Å². The average Bonchev–Trinajstić information content (AvgIpc) is 2.63. The maximum atomic E-state index is 11.3. The van der Waals surface area contributed by atoms with Crippen LogP contribution in [0.5, 0.6) is 0 Å². The lowest BCUT2D eigenvalue weighted by Gasteiger charge is -2.21. The molecule has 0 spiro atoms. The number of fused-ring (bicyclic) bond motifs is 1. The van der Waals surface area contributed by atoms with Crippen molar-refractivity contribution < 1.29 is 29.3 Å². The molecule has 0 fully saturated rings. The van der Waals surface area contributed by atoms with Gasteiger partial charge in [-0.3, -0.25) is 4.79 Å².